The molecule has 0 radical (unpaired) electrons. The van der Waals surface area contributed by atoms with Gasteiger partial charge in [0.25, 0.3) is 0 Å². The number of ether oxygens (including phenoxy) is 1. The Kier molecular flexibility index (Phi) is 4.55. The second-order valence-electron chi connectivity index (χ2n) is 5.50. The van der Waals surface area contributed by atoms with Crippen molar-refractivity contribution in [3.63, 3.8) is 0 Å². The monoisotopic (exact) mass is 285 g/mol. The van der Waals surface area contributed by atoms with Crippen molar-refractivity contribution >= 4 is 5.95 Å². The Bertz CT molecular complexity index is 552. The Morgan fingerprint density at radius 3 is 3.00 bits per heavy atom. The van der Waals surface area contributed by atoms with Gasteiger partial charge in [-0.3, -0.25) is 0 Å². The zero-order valence-electron chi connectivity index (χ0n) is 12.5. The average molecular weight is 285 g/mol. The molecular formula is C17H23N3O. The van der Waals surface area contributed by atoms with Crippen LogP contribution in [-0.4, -0.2) is 28.8 Å². The van der Waals surface area contributed by atoms with Crippen molar-refractivity contribution in [2.45, 2.75) is 38.3 Å². The second-order valence-corrected chi connectivity index (χ2v) is 5.50. The van der Waals surface area contributed by atoms with Gasteiger partial charge in [-0.15, -0.1) is 0 Å². The highest BCUT2D eigenvalue weighted by atomic mass is 16.5. The van der Waals surface area contributed by atoms with Gasteiger partial charge in [0, 0.05) is 44.1 Å². The molecule has 0 saturated heterocycles. The molecule has 1 aliphatic carbocycles. The van der Waals surface area contributed by atoms with Crippen LogP contribution in [0, 0.1) is 0 Å². The first-order chi connectivity index (χ1) is 10.4. The maximum absolute atomic E-state index is 5.39. The number of rotatable bonds is 8. The highest BCUT2D eigenvalue weighted by Gasteiger charge is 2.38. The second kappa shape index (κ2) is 6.76. The first-order valence-electron chi connectivity index (χ1n) is 7.79. The van der Waals surface area contributed by atoms with Crippen LogP contribution < -0.4 is 5.32 Å². The quantitative estimate of drug-likeness (QED) is 0.757. The fourth-order valence-corrected chi connectivity index (χ4v) is 2.70. The van der Waals surface area contributed by atoms with Crippen molar-refractivity contribution in [2.24, 2.45) is 0 Å². The number of imidazole rings is 1. The first kappa shape index (κ1) is 14.1. The SMILES string of the molecule is CCOCCCn1ccnc1NC1CC1c1ccccc1. The van der Waals surface area contributed by atoms with Crippen molar-refractivity contribution in [3.05, 3.63) is 48.3 Å². The molecule has 2 unspecified atom stereocenters. The normalized spacial score (nSPS) is 20.4. The molecule has 0 aliphatic heterocycles. The summed E-state index contributed by atoms with van der Waals surface area (Å²) in [5, 5.41) is 3.56. The zero-order valence-corrected chi connectivity index (χ0v) is 12.5. The van der Waals surface area contributed by atoms with Crippen LogP contribution in [0.5, 0.6) is 0 Å². The summed E-state index contributed by atoms with van der Waals surface area (Å²) in [5.41, 5.74) is 1.42. The van der Waals surface area contributed by atoms with E-state index in [9.17, 15) is 0 Å². The van der Waals surface area contributed by atoms with Crippen LogP contribution in [0.3, 0.4) is 0 Å². The lowest BCUT2D eigenvalue weighted by Gasteiger charge is -2.10. The summed E-state index contributed by atoms with van der Waals surface area (Å²) >= 11 is 0. The van der Waals surface area contributed by atoms with E-state index in [0.29, 0.717) is 12.0 Å². The molecule has 4 nitrogen and oxygen atoms in total. The number of hydrogen-bond donors (Lipinski definition) is 1. The molecule has 0 spiro atoms. The number of anilines is 1. The molecule has 1 aromatic heterocycles. The minimum Gasteiger partial charge on any atom is -0.382 e. The van der Waals surface area contributed by atoms with E-state index in [2.05, 4.69) is 45.2 Å². The molecule has 112 valence electrons. The summed E-state index contributed by atoms with van der Waals surface area (Å²) in [4.78, 5) is 4.43. The molecule has 1 N–H and O–H groups in total. The summed E-state index contributed by atoms with van der Waals surface area (Å²) in [6.45, 7) is 4.58. The molecule has 1 saturated carbocycles. The van der Waals surface area contributed by atoms with E-state index in [-0.39, 0.29) is 0 Å². The van der Waals surface area contributed by atoms with Crippen LogP contribution >= 0.6 is 0 Å². The van der Waals surface area contributed by atoms with E-state index >= 15 is 0 Å². The van der Waals surface area contributed by atoms with E-state index in [0.717, 1.165) is 32.1 Å². The maximum atomic E-state index is 5.39. The lowest BCUT2D eigenvalue weighted by molar-refractivity contribution is 0.142. The fourth-order valence-electron chi connectivity index (χ4n) is 2.70. The summed E-state index contributed by atoms with van der Waals surface area (Å²) in [6.07, 6.45) is 6.11. The Labute approximate surface area is 126 Å². The smallest absolute Gasteiger partial charge is 0.203 e. The van der Waals surface area contributed by atoms with Gasteiger partial charge in [-0.1, -0.05) is 30.3 Å². The molecular weight excluding hydrogens is 262 g/mol. The Hall–Kier alpha value is -1.81. The van der Waals surface area contributed by atoms with Crippen molar-refractivity contribution in [2.75, 3.05) is 18.5 Å². The molecule has 21 heavy (non-hydrogen) atoms. The highest BCUT2D eigenvalue weighted by molar-refractivity contribution is 5.37. The van der Waals surface area contributed by atoms with Gasteiger partial charge in [0.1, 0.15) is 0 Å². The third-order valence-electron chi connectivity index (χ3n) is 3.94. The van der Waals surface area contributed by atoms with Crippen LogP contribution in [-0.2, 0) is 11.3 Å². The molecule has 1 heterocycles. The Morgan fingerprint density at radius 1 is 1.33 bits per heavy atom. The predicted molar refractivity (Wildman–Crippen MR) is 84.5 cm³/mol. The number of nitrogens with one attached hydrogen (secondary N) is 1. The number of benzene rings is 1. The van der Waals surface area contributed by atoms with E-state index in [1.54, 1.807) is 0 Å². The van der Waals surface area contributed by atoms with Crippen LogP contribution in [0.15, 0.2) is 42.7 Å². The Balaban J connectivity index is 1.51. The topological polar surface area (TPSA) is 39.1 Å². The maximum Gasteiger partial charge on any atom is 0.203 e. The van der Waals surface area contributed by atoms with Crippen LogP contribution in [0.25, 0.3) is 0 Å². The molecule has 1 aromatic carbocycles. The number of nitrogens with zero attached hydrogens (tertiary/aromatic N) is 2. The van der Waals surface area contributed by atoms with E-state index in [1.807, 2.05) is 19.3 Å². The third-order valence-corrected chi connectivity index (χ3v) is 3.94. The molecule has 4 heteroatoms. The summed E-state index contributed by atoms with van der Waals surface area (Å²) in [5.74, 6) is 1.61. The van der Waals surface area contributed by atoms with Crippen molar-refractivity contribution in [1.82, 2.24) is 9.55 Å². The lowest BCUT2D eigenvalue weighted by Crippen LogP contribution is -2.11. The predicted octanol–water partition coefficient (Wildman–Crippen LogP) is 3.28. The van der Waals surface area contributed by atoms with E-state index < -0.39 is 0 Å². The molecule has 0 amide bonds. The van der Waals surface area contributed by atoms with Crippen molar-refractivity contribution < 1.29 is 4.74 Å². The van der Waals surface area contributed by atoms with Gasteiger partial charge in [-0.25, -0.2) is 4.98 Å². The van der Waals surface area contributed by atoms with Gasteiger partial charge in [-0.2, -0.15) is 0 Å². The van der Waals surface area contributed by atoms with Crippen molar-refractivity contribution in [3.8, 4) is 0 Å². The molecule has 2 aromatic rings. The summed E-state index contributed by atoms with van der Waals surface area (Å²) in [6, 6.07) is 11.2. The van der Waals surface area contributed by atoms with Gasteiger partial charge in [0.05, 0.1) is 0 Å². The van der Waals surface area contributed by atoms with Crippen LogP contribution in [0.4, 0.5) is 5.95 Å². The van der Waals surface area contributed by atoms with Gasteiger partial charge in [-0.05, 0) is 25.3 Å². The van der Waals surface area contributed by atoms with Crippen molar-refractivity contribution in [1.29, 1.82) is 0 Å². The lowest BCUT2D eigenvalue weighted by atomic mass is 10.1. The van der Waals surface area contributed by atoms with Gasteiger partial charge in [0.2, 0.25) is 5.95 Å². The van der Waals surface area contributed by atoms with Gasteiger partial charge in [0.15, 0.2) is 0 Å². The number of aryl methyl sites for hydroxylation is 1. The average Bonchev–Trinajstić information content (AvgIpc) is 3.15. The molecule has 1 aliphatic rings. The molecule has 2 atom stereocenters. The minimum atomic E-state index is 0.514. The summed E-state index contributed by atoms with van der Waals surface area (Å²) in [7, 11) is 0. The van der Waals surface area contributed by atoms with Gasteiger partial charge < -0.3 is 14.6 Å². The summed E-state index contributed by atoms with van der Waals surface area (Å²) < 4.78 is 7.57. The molecule has 3 rings (SSSR count). The van der Waals surface area contributed by atoms with E-state index in [1.165, 1.54) is 12.0 Å². The van der Waals surface area contributed by atoms with E-state index in [4.69, 9.17) is 4.74 Å². The molecule has 1 fully saturated rings. The van der Waals surface area contributed by atoms with Gasteiger partial charge >= 0.3 is 0 Å². The highest BCUT2D eigenvalue weighted by Crippen LogP contribution is 2.42. The molecule has 0 bridgehead atoms. The van der Waals surface area contributed by atoms with Crippen LogP contribution in [0.1, 0.15) is 31.2 Å². The Morgan fingerprint density at radius 2 is 2.19 bits per heavy atom. The van der Waals surface area contributed by atoms with Crippen LogP contribution in [0.2, 0.25) is 0 Å². The third kappa shape index (κ3) is 3.64. The zero-order chi connectivity index (χ0) is 14.5. The largest absolute Gasteiger partial charge is 0.382 e. The number of hydrogen-bond acceptors (Lipinski definition) is 3. The minimum absolute atomic E-state index is 0.514. The standard InChI is InChI=1S/C17H23N3O/c1-2-21-12-6-10-20-11-9-18-17(20)19-16-13-15(16)14-7-4-3-5-8-14/h3-5,7-9,11,15-16H,2,6,10,12-13H2,1H3,(H,18,19). The fraction of sp³-hybridized carbons (Fsp3) is 0.471. The number of aromatic nitrogens is 2. The first-order valence-corrected chi connectivity index (χ1v) is 7.79.